The molecule has 0 fully saturated rings. The lowest BCUT2D eigenvalue weighted by Gasteiger charge is -2.30. The number of hydrogen-bond acceptors (Lipinski definition) is 5. The van der Waals surface area contributed by atoms with Crippen molar-refractivity contribution in [2.45, 2.75) is 5.41 Å². The van der Waals surface area contributed by atoms with Crippen molar-refractivity contribution in [3.8, 4) is 56.7 Å². The van der Waals surface area contributed by atoms with Crippen molar-refractivity contribution in [2.75, 3.05) is 0 Å². The first-order valence-electron chi connectivity index (χ1n) is 21.9. The summed E-state index contributed by atoms with van der Waals surface area (Å²) < 4.78 is 9.29. The number of hydrogen-bond donors (Lipinski definition) is 0. The van der Waals surface area contributed by atoms with Gasteiger partial charge in [-0.05, 0) is 93.0 Å². The second kappa shape index (κ2) is 14.0. The average molecular weight is 866 g/mol. The summed E-state index contributed by atoms with van der Waals surface area (Å²) in [6.07, 6.45) is 0. The van der Waals surface area contributed by atoms with Gasteiger partial charge in [0.25, 0.3) is 0 Å². The molecule has 65 heavy (non-hydrogen) atoms. The Bertz CT molecular complexity index is 3920. The van der Waals surface area contributed by atoms with Crippen molar-refractivity contribution < 1.29 is 0 Å². The van der Waals surface area contributed by atoms with E-state index in [1.165, 1.54) is 43.6 Å². The van der Waals surface area contributed by atoms with Crippen LogP contribution in [0.5, 0.6) is 0 Å². The molecule has 7 heteroatoms. The molecule has 1 spiro atoms. The average Bonchev–Trinajstić information content (AvgIpc) is 3.85. The molecule has 0 radical (unpaired) electrons. The van der Waals surface area contributed by atoms with Crippen molar-refractivity contribution in [1.82, 2.24) is 24.1 Å². The highest BCUT2D eigenvalue weighted by atomic mass is 32.1. The van der Waals surface area contributed by atoms with Crippen LogP contribution in [-0.4, -0.2) is 24.1 Å². The molecule has 3 aromatic heterocycles. The van der Waals surface area contributed by atoms with Gasteiger partial charge in [-0.15, -0.1) is 22.7 Å². The number of benzene rings is 9. The lowest BCUT2D eigenvalue weighted by Crippen LogP contribution is -2.25. The lowest BCUT2D eigenvalue weighted by atomic mass is 9.70. The zero-order chi connectivity index (χ0) is 42.6. The minimum atomic E-state index is -0.494. The molecule has 0 saturated heterocycles. The Labute approximate surface area is 382 Å². The Balaban J connectivity index is 1.11. The summed E-state index contributed by atoms with van der Waals surface area (Å²) >= 11 is 3.61. The molecule has 3 heterocycles. The van der Waals surface area contributed by atoms with Crippen LogP contribution in [0.4, 0.5) is 0 Å². The molecule has 0 N–H and O–H groups in total. The molecular formula is C58H35N5S2. The second-order valence-corrected chi connectivity index (χ2v) is 18.8. The summed E-state index contributed by atoms with van der Waals surface area (Å²) in [6, 6.07) is 76.4. The highest BCUT2D eigenvalue weighted by molar-refractivity contribution is 7.27. The second-order valence-electron chi connectivity index (χ2n) is 16.7. The van der Waals surface area contributed by atoms with Gasteiger partial charge in [-0.1, -0.05) is 164 Å². The van der Waals surface area contributed by atoms with E-state index < -0.39 is 5.41 Å². The summed E-state index contributed by atoms with van der Waals surface area (Å²) in [6.45, 7) is 0. The zero-order valence-electron chi connectivity index (χ0n) is 34.8. The van der Waals surface area contributed by atoms with E-state index in [0.717, 1.165) is 58.5 Å². The molecule has 12 aromatic rings. The number of nitrogens with zero attached hydrogens (tertiary/aromatic N) is 5. The Kier molecular flexibility index (Phi) is 7.87. The Morgan fingerprint density at radius 2 is 0.892 bits per heavy atom. The third-order valence-corrected chi connectivity index (χ3v) is 15.6. The van der Waals surface area contributed by atoms with Gasteiger partial charge in [0, 0.05) is 16.8 Å². The van der Waals surface area contributed by atoms with Gasteiger partial charge in [0.15, 0.2) is 11.6 Å². The monoisotopic (exact) mass is 865 g/mol. The third-order valence-electron chi connectivity index (χ3n) is 13.3. The fourth-order valence-corrected chi connectivity index (χ4v) is 13.1. The number of para-hydroxylation sites is 3. The van der Waals surface area contributed by atoms with Gasteiger partial charge in [-0.2, -0.15) is 9.97 Å². The van der Waals surface area contributed by atoms with Crippen LogP contribution in [0.25, 0.3) is 97.5 Å². The van der Waals surface area contributed by atoms with E-state index in [9.17, 15) is 0 Å². The first-order chi connectivity index (χ1) is 32.3. The molecular weight excluding hydrogens is 831 g/mol. The summed E-state index contributed by atoms with van der Waals surface area (Å²) in [7, 11) is 0. The van der Waals surface area contributed by atoms with Crippen LogP contribution >= 0.6 is 22.7 Å². The number of fused-ring (bicyclic) bond motifs is 15. The molecule has 0 aliphatic heterocycles. The van der Waals surface area contributed by atoms with Crippen molar-refractivity contribution in [3.05, 3.63) is 235 Å². The molecule has 2 aliphatic carbocycles. The smallest absolute Gasteiger partial charge is 0.238 e. The fraction of sp³-hybridized carbons (Fsp3) is 0.0172. The Morgan fingerprint density at radius 3 is 1.62 bits per heavy atom. The molecule has 5 nitrogen and oxygen atoms in total. The third kappa shape index (κ3) is 5.16. The summed E-state index contributed by atoms with van der Waals surface area (Å²) in [4.78, 5) is 16.5. The summed E-state index contributed by atoms with van der Waals surface area (Å²) in [5.41, 5.74) is 16.9. The van der Waals surface area contributed by atoms with E-state index in [4.69, 9.17) is 15.0 Å². The highest BCUT2D eigenvalue weighted by Gasteiger charge is 2.52. The van der Waals surface area contributed by atoms with Crippen LogP contribution in [-0.2, 0) is 5.41 Å². The normalized spacial score (nSPS) is 13.0. The maximum Gasteiger partial charge on any atom is 0.238 e. The van der Waals surface area contributed by atoms with Gasteiger partial charge in [0.05, 0.1) is 46.3 Å². The van der Waals surface area contributed by atoms with Crippen LogP contribution < -0.4 is 0 Å². The fourth-order valence-electron chi connectivity index (χ4n) is 10.7. The van der Waals surface area contributed by atoms with Crippen LogP contribution in [0.2, 0.25) is 0 Å². The highest BCUT2D eigenvalue weighted by Crippen LogP contribution is 2.63. The first-order valence-corrected chi connectivity index (χ1v) is 23.5. The Hall–Kier alpha value is -7.97. The molecule has 14 rings (SSSR count). The van der Waals surface area contributed by atoms with Gasteiger partial charge in [0.1, 0.15) is 0 Å². The molecule has 0 unspecified atom stereocenters. The predicted octanol–water partition coefficient (Wildman–Crippen LogP) is 15.0. The van der Waals surface area contributed by atoms with Crippen LogP contribution in [0.15, 0.2) is 212 Å². The largest absolute Gasteiger partial charge is 0.308 e. The van der Waals surface area contributed by atoms with E-state index in [1.807, 2.05) is 17.4 Å². The summed E-state index contributed by atoms with van der Waals surface area (Å²) in [5, 5.41) is 0. The molecule has 0 bridgehead atoms. The zero-order valence-corrected chi connectivity index (χ0v) is 36.4. The van der Waals surface area contributed by atoms with Gasteiger partial charge in [-0.25, -0.2) is 4.98 Å². The summed E-state index contributed by atoms with van der Waals surface area (Å²) in [5.74, 6) is 1.81. The van der Waals surface area contributed by atoms with Crippen molar-refractivity contribution in [3.63, 3.8) is 0 Å². The van der Waals surface area contributed by atoms with Crippen LogP contribution in [0.3, 0.4) is 0 Å². The van der Waals surface area contributed by atoms with E-state index in [1.54, 1.807) is 11.3 Å². The number of aromatic nitrogens is 5. The van der Waals surface area contributed by atoms with Crippen LogP contribution in [0.1, 0.15) is 22.3 Å². The minimum absolute atomic E-state index is 0.494. The SMILES string of the molecule is c1ccc(-c2nc(-c3cccc4c3-c3ccccc3C43c4ccccc4-c4ccccc43)nc(-n3c4ccccc4sc4ccc5c(sc6ccccc6n5-c5ccccc5)c43)n2)cc1. The topological polar surface area (TPSA) is 48.5 Å². The maximum absolute atomic E-state index is 5.65. The molecule has 304 valence electrons. The molecule has 0 amide bonds. The first kappa shape index (κ1) is 36.5. The quantitative estimate of drug-likeness (QED) is 0.131. The minimum Gasteiger partial charge on any atom is -0.308 e. The van der Waals surface area contributed by atoms with E-state index in [2.05, 4.69) is 215 Å². The maximum atomic E-state index is 5.65. The van der Waals surface area contributed by atoms with Crippen molar-refractivity contribution in [2.24, 2.45) is 0 Å². The van der Waals surface area contributed by atoms with Gasteiger partial charge >= 0.3 is 0 Å². The van der Waals surface area contributed by atoms with Gasteiger partial charge < -0.3 is 4.57 Å². The standard InChI is InChI=1S/C58H35N5S2/c1-3-18-36(19-4-1)55-59-56(41-25-17-29-45-52(41)40-24-9-12-28-44(40)58(45)42-26-10-7-22-38(42)39-23-8-11-27-43(39)58)61-57(60-55)63-47-31-14-15-32-49(47)64-51-35-34-48-54(53(51)63)65-50-33-16-13-30-46(50)62(48)37-20-5-2-6-21-37/h1-35H. The molecule has 9 aromatic carbocycles. The van der Waals surface area contributed by atoms with Crippen molar-refractivity contribution in [1.29, 1.82) is 0 Å². The Morgan fingerprint density at radius 1 is 0.354 bits per heavy atom. The number of rotatable bonds is 4. The van der Waals surface area contributed by atoms with Gasteiger partial charge in [0.2, 0.25) is 5.95 Å². The predicted molar refractivity (Wildman–Crippen MR) is 269 cm³/mol. The van der Waals surface area contributed by atoms with Crippen LogP contribution in [0, 0.1) is 0 Å². The van der Waals surface area contributed by atoms with E-state index >= 15 is 0 Å². The van der Waals surface area contributed by atoms with Crippen molar-refractivity contribution >= 4 is 63.5 Å². The molecule has 2 aliphatic rings. The lowest BCUT2D eigenvalue weighted by molar-refractivity contribution is 0.794. The molecule has 0 saturated carbocycles. The molecule has 0 atom stereocenters. The van der Waals surface area contributed by atoms with E-state index in [0.29, 0.717) is 17.6 Å². The van der Waals surface area contributed by atoms with Gasteiger partial charge in [-0.3, -0.25) is 4.57 Å². The van der Waals surface area contributed by atoms with E-state index in [-0.39, 0.29) is 0 Å².